The minimum Gasteiger partial charge on any atom is -0.492 e. The molecule has 0 spiro atoms. The van der Waals surface area contributed by atoms with Gasteiger partial charge in [-0.1, -0.05) is 11.6 Å². The summed E-state index contributed by atoms with van der Waals surface area (Å²) in [4.78, 5) is 37.1. The molecule has 0 unspecified atom stereocenters. The van der Waals surface area contributed by atoms with E-state index in [2.05, 4.69) is 10.1 Å². The Morgan fingerprint density at radius 1 is 1.17 bits per heavy atom. The number of nitrogens with zero attached hydrogens (tertiary/aromatic N) is 1. The van der Waals surface area contributed by atoms with Crippen molar-refractivity contribution in [3.05, 3.63) is 47.5 Å². The number of amides is 2. The zero-order chi connectivity index (χ0) is 21.5. The second-order valence-corrected chi connectivity index (χ2v) is 6.88. The standard InChI is InChI=1S/C21H21ClN2O6/c1-28-21(27)9-8-19(25)23-15-4-7-18-17(12-15)24(20(26)13-30-18)10-11-29-16-5-2-14(22)3-6-16/h2-7,12H,8-11,13H2,1H3,(H,23,25). The van der Waals surface area contributed by atoms with Gasteiger partial charge in [0.2, 0.25) is 5.91 Å². The second-order valence-electron chi connectivity index (χ2n) is 6.44. The lowest BCUT2D eigenvalue weighted by molar-refractivity contribution is -0.141. The van der Waals surface area contributed by atoms with Crippen molar-refractivity contribution < 1.29 is 28.6 Å². The van der Waals surface area contributed by atoms with Crippen molar-refractivity contribution in [3.8, 4) is 11.5 Å². The lowest BCUT2D eigenvalue weighted by atomic mass is 10.2. The Bertz CT molecular complexity index is 932. The van der Waals surface area contributed by atoms with E-state index >= 15 is 0 Å². The van der Waals surface area contributed by atoms with Gasteiger partial charge >= 0.3 is 5.97 Å². The largest absolute Gasteiger partial charge is 0.492 e. The van der Waals surface area contributed by atoms with Gasteiger partial charge in [-0.15, -0.1) is 0 Å². The molecule has 9 heteroatoms. The number of halogens is 1. The molecule has 2 aromatic rings. The smallest absolute Gasteiger partial charge is 0.306 e. The summed E-state index contributed by atoms with van der Waals surface area (Å²) >= 11 is 5.86. The van der Waals surface area contributed by atoms with E-state index in [4.69, 9.17) is 21.1 Å². The molecular weight excluding hydrogens is 412 g/mol. The van der Waals surface area contributed by atoms with Crippen molar-refractivity contribution in [1.82, 2.24) is 0 Å². The summed E-state index contributed by atoms with van der Waals surface area (Å²) in [5.41, 5.74) is 1.03. The number of esters is 1. The number of carbonyl (C=O) groups is 3. The lowest BCUT2D eigenvalue weighted by Gasteiger charge is -2.29. The third kappa shape index (κ3) is 5.64. The van der Waals surface area contributed by atoms with Crippen LogP contribution in [0.2, 0.25) is 5.02 Å². The Kier molecular flexibility index (Phi) is 7.13. The molecule has 0 fully saturated rings. The first kappa shape index (κ1) is 21.4. The Hall–Kier alpha value is -3.26. The van der Waals surface area contributed by atoms with Crippen molar-refractivity contribution >= 4 is 40.8 Å². The molecule has 0 aliphatic carbocycles. The van der Waals surface area contributed by atoms with Crippen LogP contribution in [0.25, 0.3) is 0 Å². The van der Waals surface area contributed by atoms with Gasteiger partial charge < -0.3 is 24.4 Å². The van der Waals surface area contributed by atoms with Crippen LogP contribution in [0.4, 0.5) is 11.4 Å². The van der Waals surface area contributed by atoms with E-state index < -0.39 is 5.97 Å². The van der Waals surface area contributed by atoms with Crippen LogP contribution in [0.3, 0.4) is 0 Å². The number of anilines is 2. The van der Waals surface area contributed by atoms with Crippen LogP contribution < -0.4 is 19.7 Å². The summed E-state index contributed by atoms with van der Waals surface area (Å²) in [6.45, 7) is 0.499. The first-order chi connectivity index (χ1) is 14.5. The SMILES string of the molecule is COC(=O)CCC(=O)Nc1ccc2c(c1)N(CCOc1ccc(Cl)cc1)C(=O)CO2. The molecule has 0 aromatic heterocycles. The summed E-state index contributed by atoms with van der Waals surface area (Å²) in [6, 6.07) is 12.0. The van der Waals surface area contributed by atoms with Crippen LogP contribution in [0.15, 0.2) is 42.5 Å². The number of carbonyl (C=O) groups excluding carboxylic acids is 3. The molecule has 0 saturated carbocycles. The molecule has 2 amide bonds. The summed E-state index contributed by atoms with van der Waals surface area (Å²) in [7, 11) is 1.27. The van der Waals surface area contributed by atoms with E-state index in [1.165, 1.54) is 7.11 Å². The highest BCUT2D eigenvalue weighted by molar-refractivity contribution is 6.30. The summed E-state index contributed by atoms with van der Waals surface area (Å²) in [6.07, 6.45) is -0.0130. The van der Waals surface area contributed by atoms with Gasteiger partial charge in [0, 0.05) is 17.1 Å². The second kappa shape index (κ2) is 9.98. The predicted octanol–water partition coefficient (Wildman–Crippen LogP) is 3.04. The van der Waals surface area contributed by atoms with Gasteiger partial charge in [-0.3, -0.25) is 14.4 Å². The number of hydrogen-bond acceptors (Lipinski definition) is 6. The third-order valence-electron chi connectivity index (χ3n) is 4.37. The maximum Gasteiger partial charge on any atom is 0.306 e. The highest BCUT2D eigenvalue weighted by Gasteiger charge is 2.26. The zero-order valence-corrected chi connectivity index (χ0v) is 17.1. The number of fused-ring (bicyclic) bond motifs is 1. The maximum atomic E-state index is 12.4. The molecule has 8 nitrogen and oxygen atoms in total. The number of methoxy groups -OCH3 is 1. The van der Waals surface area contributed by atoms with Crippen LogP contribution in [-0.4, -0.2) is 44.7 Å². The summed E-state index contributed by atoms with van der Waals surface area (Å²) in [5, 5.41) is 3.32. The van der Waals surface area contributed by atoms with Crippen LogP contribution in [-0.2, 0) is 19.1 Å². The van der Waals surface area contributed by atoms with Gasteiger partial charge in [-0.25, -0.2) is 0 Å². The van der Waals surface area contributed by atoms with Crippen LogP contribution in [0.1, 0.15) is 12.8 Å². The van der Waals surface area contributed by atoms with Crippen molar-refractivity contribution in [2.24, 2.45) is 0 Å². The number of rotatable bonds is 8. The zero-order valence-electron chi connectivity index (χ0n) is 16.4. The molecule has 30 heavy (non-hydrogen) atoms. The minimum atomic E-state index is -0.457. The molecule has 0 bridgehead atoms. The number of hydrogen-bond donors (Lipinski definition) is 1. The van der Waals surface area contributed by atoms with E-state index in [1.807, 2.05) is 0 Å². The number of ether oxygens (including phenoxy) is 3. The molecule has 0 saturated heterocycles. The molecule has 1 aliphatic rings. The Morgan fingerprint density at radius 3 is 2.67 bits per heavy atom. The molecule has 1 heterocycles. The molecule has 1 aliphatic heterocycles. The maximum absolute atomic E-state index is 12.4. The van der Waals surface area contributed by atoms with Crippen molar-refractivity contribution in [2.75, 3.05) is 37.1 Å². The molecule has 0 radical (unpaired) electrons. The highest BCUT2D eigenvalue weighted by atomic mass is 35.5. The fourth-order valence-corrected chi connectivity index (χ4v) is 2.98. The van der Waals surface area contributed by atoms with Gasteiger partial charge in [0.25, 0.3) is 5.91 Å². The van der Waals surface area contributed by atoms with Crippen LogP contribution >= 0.6 is 11.6 Å². The Balaban J connectivity index is 1.64. The van der Waals surface area contributed by atoms with Crippen molar-refractivity contribution in [3.63, 3.8) is 0 Å². The van der Waals surface area contributed by atoms with Gasteiger partial charge in [-0.05, 0) is 42.5 Å². The molecule has 1 N–H and O–H groups in total. The van der Waals surface area contributed by atoms with E-state index in [1.54, 1.807) is 47.4 Å². The minimum absolute atomic E-state index is 0.00215. The first-order valence-electron chi connectivity index (χ1n) is 9.28. The molecule has 2 aromatic carbocycles. The van der Waals surface area contributed by atoms with E-state index in [9.17, 15) is 14.4 Å². The fraction of sp³-hybridized carbons (Fsp3) is 0.286. The Morgan fingerprint density at radius 2 is 1.93 bits per heavy atom. The summed E-state index contributed by atoms with van der Waals surface area (Å²) in [5.74, 6) is 0.180. The van der Waals surface area contributed by atoms with Gasteiger partial charge in [0.1, 0.15) is 18.1 Å². The first-order valence-corrected chi connectivity index (χ1v) is 9.66. The third-order valence-corrected chi connectivity index (χ3v) is 4.62. The predicted molar refractivity (Wildman–Crippen MR) is 111 cm³/mol. The highest BCUT2D eigenvalue weighted by Crippen LogP contribution is 2.34. The van der Waals surface area contributed by atoms with Gasteiger partial charge in [-0.2, -0.15) is 0 Å². The van der Waals surface area contributed by atoms with Crippen molar-refractivity contribution in [1.29, 1.82) is 0 Å². The van der Waals surface area contributed by atoms with Crippen LogP contribution in [0.5, 0.6) is 11.5 Å². The van der Waals surface area contributed by atoms with Crippen molar-refractivity contribution in [2.45, 2.75) is 12.8 Å². The Labute approximate surface area is 178 Å². The molecule has 3 rings (SSSR count). The molecule has 158 valence electrons. The van der Waals surface area contributed by atoms with E-state index in [0.717, 1.165) is 0 Å². The van der Waals surface area contributed by atoms with E-state index in [0.29, 0.717) is 34.4 Å². The average molecular weight is 433 g/mol. The topological polar surface area (TPSA) is 94.2 Å². The summed E-state index contributed by atoms with van der Waals surface area (Å²) < 4.78 is 15.7. The quantitative estimate of drug-likeness (QED) is 0.644. The monoisotopic (exact) mass is 432 g/mol. The van der Waals surface area contributed by atoms with E-state index in [-0.39, 0.29) is 37.9 Å². The van der Waals surface area contributed by atoms with Gasteiger partial charge in [0.15, 0.2) is 6.61 Å². The lowest BCUT2D eigenvalue weighted by Crippen LogP contribution is -2.41. The molecule has 0 atom stereocenters. The fourth-order valence-electron chi connectivity index (χ4n) is 2.85. The number of benzene rings is 2. The normalized spacial score (nSPS) is 12.6. The van der Waals surface area contributed by atoms with Crippen LogP contribution in [0, 0.1) is 0 Å². The van der Waals surface area contributed by atoms with Gasteiger partial charge in [0.05, 0.1) is 25.8 Å². The average Bonchev–Trinajstić information content (AvgIpc) is 2.75. The number of nitrogens with one attached hydrogen (secondary N) is 1. The molecular formula is C21H21ClN2O6.